The SMILES string of the molecule is CCc1ccc([C@@H]2Nc3c(ccc(C(=O)OC)c3C)[C@@H]3C=CC[C@H]32)cc1. The van der Waals surface area contributed by atoms with Crippen LogP contribution in [0.1, 0.15) is 57.9 Å². The van der Waals surface area contributed by atoms with E-state index in [1.165, 1.54) is 23.8 Å². The summed E-state index contributed by atoms with van der Waals surface area (Å²) in [6, 6.07) is 13.2. The summed E-state index contributed by atoms with van der Waals surface area (Å²) in [6.07, 6.45) is 6.75. The lowest BCUT2D eigenvalue weighted by Gasteiger charge is -2.38. The summed E-state index contributed by atoms with van der Waals surface area (Å²) in [5.74, 6) is 0.630. The Kier molecular flexibility index (Phi) is 4.31. The number of carbonyl (C=O) groups is 1. The molecule has 0 aromatic heterocycles. The van der Waals surface area contributed by atoms with Crippen LogP contribution < -0.4 is 5.32 Å². The number of fused-ring (bicyclic) bond motifs is 3. The molecule has 3 atom stereocenters. The highest BCUT2D eigenvalue weighted by atomic mass is 16.5. The van der Waals surface area contributed by atoms with Crippen LogP contribution in [0.4, 0.5) is 5.69 Å². The highest BCUT2D eigenvalue weighted by Crippen LogP contribution is 2.51. The van der Waals surface area contributed by atoms with Crippen molar-refractivity contribution in [3.05, 3.63) is 76.4 Å². The van der Waals surface area contributed by atoms with Gasteiger partial charge < -0.3 is 10.1 Å². The molecule has 134 valence electrons. The number of methoxy groups -OCH3 is 1. The molecule has 3 nitrogen and oxygen atoms in total. The van der Waals surface area contributed by atoms with Crippen molar-refractivity contribution in [2.24, 2.45) is 5.92 Å². The van der Waals surface area contributed by atoms with Crippen molar-refractivity contribution in [1.29, 1.82) is 0 Å². The first-order chi connectivity index (χ1) is 12.6. The van der Waals surface area contributed by atoms with E-state index in [4.69, 9.17) is 4.74 Å². The van der Waals surface area contributed by atoms with Crippen LogP contribution in [-0.2, 0) is 11.2 Å². The number of hydrogen-bond acceptors (Lipinski definition) is 3. The number of allylic oxidation sites excluding steroid dienone is 2. The summed E-state index contributed by atoms with van der Waals surface area (Å²) < 4.78 is 4.95. The summed E-state index contributed by atoms with van der Waals surface area (Å²) in [6.45, 7) is 4.19. The van der Waals surface area contributed by atoms with Gasteiger partial charge in [0.1, 0.15) is 0 Å². The van der Waals surface area contributed by atoms with Crippen LogP contribution in [0.3, 0.4) is 0 Å². The van der Waals surface area contributed by atoms with E-state index in [9.17, 15) is 4.79 Å². The Balaban J connectivity index is 1.78. The van der Waals surface area contributed by atoms with Crippen LogP contribution >= 0.6 is 0 Å². The summed E-state index contributed by atoms with van der Waals surface area (Å²) in [5.41, 5.74) is 6.66. The Morgan fingerprint density at radius 2 is 1.96 bits per heavy atom. The van der Waals surface area contributed by atoms with Gasteiger partial charge in [-0.2, -0.15) is 0 Å². The zero-order chi connectivity index (χ0) is 18.3. The number of ether oxygens (including phenoxy) is 1. The molecule has 0 saturated heterocycles. The average Bonchev–Trinajstić information content (AvgIpc) is 3.17. The van der Waals surface area contributed by atoms with Crippen LogP contribution in [0.25, 0.3) is 0 Å². The van der Waals surface area contributed by atoms with Gasteiger partial charge in [0.05, 0.1) is 18.7 Å². The number of esters is 1. The molecule has 0 fully saturated rings. The molecule has 1 N–H and O–H groups in total. The highest BCUT2D eigenvalue weighted by molar-refractivity contribution is 5.93. The van der Waals surface area contributed by atoms with E-state index in [1.54, 1.807) is 0 Å². The van der Waals surface area contributed by atoms with E-state index in [1.807, 2.05) is 13.0 Å². The van der Waals surface area contributed by atoms with Gasteiger partial charge in [-0.05, 0) is 54.0 Å². The van der Waals surface area contributed by atoms with Gasteiger partial charge in [0.15, 0.2) is 0 Å². The molecule has 4 rings (SSSR count). The monoisotopic (exact) mass is 347 g/mol. The smallest absolute Gasteiger partial charge is 0.338 e. The molecule has 0 amide bonds. The molecule has 3 heteroatoms. The minimum absolute atomic E-state index is 0.250. The van der Waals surface area contributed by atoms with Crippen molar-refractivity contribution >= 4 is 11.7 Å². The number of carbonyl (C=O) groups excluding carboxylic acids is 1. The molecule has 26 heavy (non-hydrogen) atoms. The van der Waals surface area contributed by atoms with Gasteiger partial charge in [-0.3, -0.25) is 0 Å². The second-order valence-corrected chi connectivity index (χ2v) is 7.26. The van der Waals surface area contributed by atoms with Crippen molar-refractivity contribution in [2.75, 3.05) is 12.4 Å². The molecular weight excluding hydrogens is 322 g/mol. The standard InChI is InChI=1S/C23H25NO2/c1-4-15-8-10-16(11-9-15)22-19-7-5-6-18(19)20-13-12-17(23(25)26-3)14(2)21(20)24-22/h5-6,8-13,18-19,22,24H,4,7H2,1-3H3/t18-,19-,22+/m1/s1. The van der Waals surface area contributed by atoms with E-state index >= 15 is 0 Å². The molecule has 2 aromatic carbocycles. The minimum atomic E-state index is -0.278. The van der Waals surface area contributed by atoms with Gasteiger partial charge >= 0.3 is 5.97 Å². The fourth-order valence-electron chi connectivity index (χ4n) is 4.44. The van der Waals surface area contributed by atoms with E-state index in [0.29, 0.717) is 17.4 Å². The maximum Gasteiger partial charge on any atom is 0.338 e. The van der Waals surface area contributed by atoms with Gasteiger partial charge in [0.25, 0.3) is 0 Å². The lowest BCUT2D eigenvalue weighted by Crippen LogP contribution is -2.30. The molecule has 1 heterocycles. The molecular formula is C23H25NO2. The predicted molar refractivity (Wildman–Crippen MR) is 105 cm³/mol. The fraction of sp³-hybridized carbons (Fsp3) is 0.348. The molecule has 2 aliphatic rings. The third-order valence-corrected chi connectivity index (χ3v) is 5.95. The quantitative estimate of drug-likeness (QED) is 0.615. The van der Waals surface area contributed by atoms with Crippen LogP contribution in [0.2, 0.25) is 0 Å². The summed E-state index contributed by atoms with van der Waals surface area (Å²) in [5, 5.41) is 3.76. The van der Waals surface area contributed by atoms with Crippen molar-refractivity contribution < 1.29 is 9.53 Å². The van der Waals surface area contributed by atoms with Crippen LogP contribution in [0.15, 0.2) is 48.6 Å². The molecule has 1 aliphatic heterocycles. The fourth-order valence-corrected chi connectivity index (χ4v) is 4.44. The number of anilines is 1. The third-order valence-electron chi connectivity index (χ3n) is 5.95. The number of nitrogens with one attached hydrogen (secondary N) is 1. The molecule has 0 spiro atoms. The normalized spacial score (nSPS) is 23.1. The molecule has 0 saturated carbocycles. The van der Waals surface area contributed by atoms with Crippen molar-refractivity contribution in [3.63, 3.8) is 0 Å². The first kappa shape index (κ1) is 16.9. The summed E-state index contributed by atoms with van der Waals surface area (Å²) in [7, 11) is 1.43. The number of rotatable bonds is 3. The topological polar surface area (TPSA) is 38.3 Å². The Hall–Kier alpha value is -2.55. The van der Waals surface area contributed by atoms with Gasteiger partial charge in [0, 0.05) is 11.6 Å². The Bertz CT molecular complexity index is 867. The second-order valence-electron chi connectivity index (χ2n) is 7.26. The number of benzene rings is 2. The predicted octanol–water partition coefficient (Wildman–Crippen LogP) is 5.17. The maximum atomic E-state index is 12.1. The van der Waals surface area contributed by atoms with Gasteiger partial charge in [0.2, 0.25) is 0 Å². The number of aryl methyl sites for hydroxylation is 1. The largest absolute Gasteiger partial charge is 0.465 e. The van der Waals surface area contributed by atoms with Crippen LogP contribution in [0, 0.1) is 12.8 Å². The van der Waals surface area contributed by atoms with Crippen molar-refractivity contribution in [2.45, 2.75) is 38.6 Å². The van der Waals surface area contributed by atoms with Gasteiger partial charge in [-0.1, -0.05) is 49.4 Å². The first-order valence-corrected chi connectivity index (χ1v) is 9.38. The third kappa shape index (κ3) is 2.63. The maximum absolute atomic E-state index is 12.1. The molecule has 0 unspecified atom stereocenters. The highest BCUT2D eigenvalue weighted by Gasteiger charge is 2.38. The Morgan fingerprint density at radius 3 is 2.65 bits per heavy atom. The summed E-state index contributed by atoms with van der Waals surface area (Å²) in [4.78, 5) is 12.1. The zero-order valence-electron chi connectivity index (χ0n) is 15.6. The van der Waals surface area contributed by atoms with E-state index < -0.39 is 0 Å². The zero-order valence-corrected chi connectivity index (χ0v) is 15.6. The average molecular weight is 347 g/mol. The van der Waals surface area contributed by atoms with Crippen molar-refractivity contribution in [3.8, 4) is 0 Å². The first-order valence-electron chi connectivity index (χ1n) is 9.38. The number of hydrogen-bond donors (Lipinski definition) is 1. The molecule has 2 aromatic rings. The lowest BCUT2D eigenvalue weighted by atomic mass is 9.76. The van der Waals surface area contributed by atoms with E-state index in [-0.39, 0.29) is 12.0 Å². The van der Waals surface area contributed by atoms with E-state index in [0.717, 1.165) is 24.1 Å². The lowest BCUT2D eigenvalue weighted by molar-refractivity contribution is 0.0600. The summed E-state index contributed by atoms with van der Waals surface area (Å²) >= 11 is 0. The molecule has 0 bridgehead atoms. The van der Waals surface area contributed by atoms with Gasteiger partial charge in [-0.15, -0.1) is 0 Å². The second kappa shape index (κ2) is 6.64. The van der Waals surface area contributed by atoms with Gasteiger partial charge in [-0.25, -0.2) is 4.79 Å². The Morgan fingerprint density at radius 1 is 1.19 bits per heavy atom. The molecule has 0 radical (unpaired) electrons. The van der Waals surface area contributed by atoms with Crippen LogP contribution in [-0.4, -0.2) is 13.1 Å². The van der Waals surface area contributed by atoms with E-state index in [2.05, 4.69) is 54.7 Å². The Labute approximate surface area is 155 Å². The molecule has 1 aliphatic carbocycles. The minimum Gasteiger partial charge on any atom is -0.465 e. The van der Waals surface area contributed by atoms with Crippen LogP contribution in [0.5, 0.6) is 0 Å². The van der Waals surface area contributed by atoms with Crippen molar-refractivity contribution in [1.82, 2.24) is 0 Å².